The first-order valence-corrected chi connectivity index (χ1v) is 8.48. The molecular formula is C17H10F16O2. The van der Waals surface area contributed by atoms with E-state index in [1.165, 1.54) is 6.07 Å². The van der Waals surface area contributed by atoms with E-state index >= 15 is 0 Å². The molecule has 1 aromatic rings. The second-order valence-electron chi connectivity index (χ2n) is 6.98. The Morgan fingerprint density at radius 2 is 0.943 bits per heavy atom. The molecule has 0 aliphatic heterocycles. The summed E-state index contributed by atoms with van der Waals surface area (Å²) < 4.78 is 218. The molecule has 35 heavy (non-hydrogen) atoms. The summed E-state index contributed by atoms with van der Waals surface area (Å²) >= 11 is 0. The van der Waals surface area contributed by atoms with Crippen molar-refractivity contribution in [2.24, 2.45) is 0 Å². The van der Waals surface area contributed by atoms with Gasteiger partial charge < -0.3 is 4.74 Å². The molecule has 0 saturated carbocycles. The van der Waals surface area contributed by atoms with Crippen LogP contribution in [0, 0.1) is 0 Å². The highest BCUT2D eigenvalue weighted by Crippen LogP contribution is 2.63. The highest BCUT2D eigenvalue weighted by molar-refractivity contribution is 5.89. The van der Waals surface area contributed by atoms with E-state index in [9.17, 15) is 75.0 Å². The van der Waals surface area contributed by atoms with Crippen LogP contribution in [0.15, 0.2) is 30.3 Å². The number of halogens is 16. The molecule has 18 heteroatoms. The molecular weight excluding hydrogens is 540 g/mol. The minimum atomic E-state index is -8.51. The van der Waals surface area contributed by atoms with Crippen LogP contribution in [-0.4, -0.2) is 60.0 Å². The number of ether oxygens (including phenoxy) is 1. The van der Waals surface area contributed by atoms with Gasteiger partial charge in [-0.3, -0.25) is 0 Å². The number of carbonyl (C=O) groups is 1. The van der Waals surface area contributed by atoms with Gasteiger partial charge in [0.2, 0.25) is 0 Å². The minimum Gasteiger partial charge on any atom is -0.455 e. The standard InChI is InChI=1S/C17H10F16O2/c1-10(18,19)12(22,23)14(26,27)16(30,31)17(32,33)15(28,29)13(24,25)11(20,21)7-35-9(34)8-5-3-2-4-6-8/h2-6H,7H2,1H3. The maximum atomic E-state index is 13.7. The number of carbonyl (C=O) groups excluding carboxylic acids is 1. The van der Waals surface area contributed by atoms with Crippen LogP contribution in [0.3, 0.4) is 0 Å². The molecule has 0 spiro atoms. The monoisotopic (exact) mass is 550 g/mol. The minimum absolute atomic E-state index is 0.683. The van der Waals surface area contributed by atoms with Crippen molar-refractivity contribution in [2.75, 3.05) is 6.61 Å². The largest absolute Gasteiger partial charge is 0.455 e. The Morgan fingerprint density at radius 1 is 0.600 bits per heavy atom. The molecule has 0 atom stereocenters. The molecule has 202 valence electrons. The zero-order chi connectivity index (χ0) is 28.1. The van der Waals surface area contributed by atoms with Crippen molar-refractivity contribution >= 4 is 5.97 Å². The predicted octanol–water partition coefficient (Wildman–Crippen LogP) is 6.95. The Morgan fingerprint density at radius 3 is 1.31 bits per heavy atom. The van der Waals surface area contributed by atoms with E-state index in [1.807, 2.05) is 0 Å². The average Bonchev–Trinajstić information content (AvgIpc) is 2.70. The SMILES string of the molecule is CC(F)(F)C(F)(F)C(F)(F)C(F)(F)C(F)(F)C(F)(F)C(F)(F)C(F)(F)COC(=O)c1ccccc1. The van der Waals surface area contributed by atoms with Gasteiger partial charge in [0.1, 0.15) is 0 Å². The zero-order valence-corrected chi connectivity index (χ0v) is 16.5. The third-order valence-corrected chi connectivity index (χ3v) is 4.38. The van der Waals surface area contributed by atoms with Crippen LogP contribution in [0.5, 0.6) is 0 Å². The summed E-state index contributed by atoms with van der Waals surface area (Å²) in [7, 11) is 0. The van der Waals surface area contributed by atoms with E-state index in [1.54, 1.807) is 0 Å². The summed E-state index contributed by atoms with van der Waals surface area (Å²) in [5.41, 5.74) is -0.683. The molecule has 1 rings (SSSR count). The lowest BCUT2D eigenvalue weighted by atomic mass is 9.88. The number of esters is 1. The first-order chi connectivity index (χ1) is 15.2. The molecule has 0 aromatic heterocycles. The van der Waals surface area contributed by atoms with Crippen LogP contribution in [0.25, 0.3) is 0 Å². The Kier molecular flexibility index (Phi) is 7.52. The predicted molar refractivity (Wildman–Crippen MR) is 82.0 cm³/mol. The van der Waals surface area contributed by atoms with Crippen molar-refractivity contribution in [3.63, 3.8) is 0 Å². The second-order valence-corrected chi connectivity index (χ2v) is 6.98. The van der Waals surface area contributed by atoms with Gasteiger partial charge in [0.25, 0.3) is 0 Å². The highest BCUT2D eigenvalue weighted by atomic mass is 19.4. The molecule has 1 aromatic carbocycles. The lowest BCUT2D eigenvalue weighted by molar-refractivity contribution is -0.453. The first kappa shape index (κ1) is 30.6. The van der Waals surface area contributed by atoms with E-state index in [-0.39, 0.29) is 0 Å². The smallest absolute Gasteiger partial charge is 0.385 e. The van der Waals surface area contributed by atoms with Crippen molar-refractivity contribution in [2.45, 2.75) is 54.3 Å². The Balaban J connectivity index is 3.42. The van der Waals surface area contributed by atoms with Crippen molar-refractivity contribution in [3.05, 3.63) is 35.9 Å². The van der Waals surface area contributed by atoms with Crippen LogP contribution < -0.4 is 0 Å². The van der Waals surface area contributed by atoms with E-state index in [2.05, 4.69) is 4.74 Å². The van der Waals surface area contributed by atoms with Gasteiger partial charge in [-0.15, -0.1) is 0 Å². The van der Waals surface area contributed by atoms with E-state index in [0.717, 1.165) is 24.3 Å². The lowest BCUT2D eigenvalue weighted by Gasteiger charge is -2.43. The number of hydrogen-bond donors (Lipinski definition) is 0. The molecule has 0 amide bonds. The molecule has 0 saturated heterocycles. The van der Waals surface area contributed by atoms with Crippen LogP contribution >= 0.6 is 0 Å². The van der Waals surface area contributed by atoms with Gasteiger partial charge in [-0.1, -0.05) is 18.2 Å². The Bertz CT molecular complexity index is 904. The van der Waals surface area contributed by atoms with Gasteiger partial charge in [0.15, 0.2) is 6.61 Å². The quantitative estimate of drug-likeness (QED) is 0.233. The van der Waals surface area contributed by atoms with Crippen molar-refractivity contribution < 1.29 is 79.8 Å². The fourth-order valence-electron chi connectivity index (χ4n) is 2.20. The summed E-state index contributed by atoms with van der Waals surface area (Å²) in [5, 5.41) is 0. The molecule has 0 aliphatic carbocycles. The molecule has 0 aliphatic rings. The van der Waals surface area contributed by atoms with Crippen molar-refractivity contribution in [1.82, 2.24) is 0 Å². The molecule has 0 unspecified atom stereocenters. The molecule has 0 N–H and O–H groups in total. The topological polar surface area (TPSA) is 26.3 Å². The fraction of sp³-hybridized carbons (Fsp3) is 0.588. The number of alkyl halides is 16. The maximum Gasteiger partial charge on any atom is 0.385 e. The first-order valence-electron chi connectivity index (χ1n) is 8.48. The van der Waals surface area contributed by atoms with E-state index in [0.29, 0.717) is 0 Å². The number of rotatable bonds is 10. The van der Waals surface area contributed by atoms with Crippen LogP contribution in [0.1, 0.15) is 17.3 Å². The summed E-state index contributed by atoms with van der Waals surface area (Å²) in [5.74, 6) is -63.8. The van der Waals surface area contributed by atoms with Crippen molar-refractivity contribution in [1.29, 1.82) is 0 Å². The molecule has 0 fully saturated rings. The molecule has 2 nitrogen and oxygen atoms in total. The second kappa shape index (κ2) is 8.60. The summed E-state index contributed by atoms with van der Waals surface area (Å²) in [6, 6.07) is 4.93. The summed E-state index contributed by atoms with van der Waals surface area (Å²) in [6.07, 6.45) is 0. The van der Waals surface area contributed by atoms with Gasteiger partial charge in [0.05, 0.1) is 5.56 Å². The average molecular weight is 550 g/mol. The maximum absolute atomic E-state index is 13.7. The third kappa shape index (κ3) is 4.47. The van der Waals surface area contributed by atoms with Crippen LogP contribution in [-0.2, 0) is 4.74 Å². The molecule has 0 bridgehead atoms. The van der Waals surface area contributed by atoms with Gasteiger partial charge in [-0.25, -0.2) is 4.79 Å². The fourth-order valence-corrected chi connectivity index (χ4v) is 2.20. The lowest BCUT2D eigenvalue weighted by Crippen LogP contribution is -2.74. The van der Waals surface area contributed by atoms with Crippen molar-refractivity contribution in [3.8, 4) is 0 Å². The summed E-state index contributed by atoms with van der Waals surface area (Å²) in [6.45, 7) is -4.44. The highest BCUT2D eigenvalue weighted by Gasteiger charge is 2.94. The zero-order valence-electron chi connectivity index (χ0n) is 16.5. The van der Waals surface area contributed by atoms with Gasteiger partial charge in [0, 0.05) is 6.92 Å². The third-order valence-electron chi connectivity index (χ3n) is 4.38. The molecule has 0 heterocycles. The van der Waals surface area contributed by atoms with E-state index < -0.39 is 72.4 Å². The van der Waals surface area contributed by atoms with Crippen LogP contribution in [0.4, 0.5) is 70.2 Å². The number of hydrogen-bond acceptors (Lipinski definition) is 2. The van der Waals surface area contributed by atoms with Gasteiger partial charge in [-0.05, 0) is 12.1 Å². The van der Waals surface area contributed by atoms with Crippen LogP contribution in [0.2, 0.25) is 0 Å². The van der Waals surface area contributed by atoms with Gasteiger partial charge in [-0.2, -0.15) is 70.2 Å². The Hall–Kier alpha value is -2.43. The number of benzene rings is 1. The van der Waals surface area contributed by atoms with Gasteiger partial charge >= 0.3 is 53.3 Å². The summed E-state index contributed by atoms with van der Waals surface area (Å²) in [4.78, 5) is 11.5. The molecule has 0 radical (unpaired) electrons. The van der Waals surface area contributed by atoms with E-state index in [4.69, 9.17) is 0 Å². The Labute approximate surface area is 183 Å². The normalized spacial score (nSPS) is 15.2.